The van der Waals surface area contributed by atoms with Crippen molar-refractivity contribution in [3.8, 4) is 0 Å². The summed E-state index contributed by atoms with van der Waals surface area (Å²) in [6.45, 7) is 8.16. The highest BCUT2D eigenvalue weighted by Gasteiger charge is 2.19. The van der Waals surface area contributed by atoms with Crippen LogP contribution in [-0.4, -0.2) is 25.7 Å². The molecule has 1 atom stereocenters. The number of imidazole rings is 1. The minimum absolute atomic E-state index is 0.0929. The molecule has 7 nitrogen and oxygen atoms in total. The first-order valence-corrected chi connectivity index (χ1v) is 11.9. The smallest absolute Gasteiger partial charge is 0.272 e. The van der Waals surface area contributed by atoms with Crippen LogP contribution >= 0.6 is 0 Å². The van der Waals surface area contributed by atoms with E-state index < -0.39 is 11.1 Å². The van der Waals surface area contributed by atoms with E-state index in [1.165, 1.54) is 0 Å². The summed E-state index contributed by atoms with van der Waals surface area (Å²) in [6.07, 6.45) is 15.2. The van der Waals surface area contributed by atoms with Gasteiger partial charge in [-0.05, 0) is 36.1 Å². The number of carbonyl (C=O) groups is 1. The predicted molar refractivity (Wildman–Crippen MR) is 142 cm³/mol. The molecule has 0 amide bonds. The van der Waals surface area contributed by atoms with Gasteiger partial charge in [-0.1, -0.05) is 76.3 Å². The van der Waals surface area contributed by atoms with E-state index in [0.29, 0.717) is 22.4 Å². The Morgan fingerprint density at radius 3 is 2.50 bits per heavy atom. The molecule has 2 heterocycles. The van der Waals surface area contributed by atoms with E-state index in [2.05, 4.69) is 32.9 Å². The number of hydrogen-bond acceptors (Lipinski definition) is 4. The van der Waals surface area contributed by atoms with Crippen LogP contribution in [0.4, 0.5) is 0 Å². The first-order chi connectivity index (χ1) is 17.1. The molecule has 3 N–H and O–H groups in total. The number of rotatable bonds is 4. The van der Waals surface area contributed by atoms with Gasteiger partial charge in [-0.2, -0.15) is 0 Å². The lowest BCUT2D eigenvalue weighted by atomic mass is 9.90. The number of aromatic amines is 3. The summed E-state index contributed by atoms with van der Waals surface area (Å²) in [5, 5.41) is 0.216. The molecule has 1 unspecified atom stereocenters. The van der Waals surface area contributed by atoms with Crippen LogP contribution in [0.3, 0.4) is 0 Å². The SMILES string of the molecule is CC1C=C(C(=O)c2cccc(/C=c3\[nH]c(=O)/c(=C/c4nc[nH]c4C(C)(C)C)[nH]c3=O)c2)/C=C\C=CC1. The summed E-state index contributed by atoms with van der Waals surface area (Å²) < 4.78 is 0. The third kappa shape index (κ3) is 5.68. The average Bonchev–Trinajstić information content (AvgIpc) is 3.28. The fraction of sp³-hybridized carbons (Fsp3) is 0.241. The lowest BCUT2D eigenvalue weighted by Crippen LogP contribution is -2.46. The highest BCUT2D eigenvalue weighted by atomic mass is 16.1. The number of nitrogens with one attached hydrogen (secondary N) is 3. The Morgan fingerprint density at radius 1 is 1.06 bits per heavy atom. The molecule has 184 valence electrons. The van der Waals surface area contributed by atoms with Crippen molar-refractivity contribution in [3.05, 3.63) is 120 Å². The zero-order valence-corrected chi connectivity index (χ0v) is 20.9. The minimum Gasteiger partial charge on any atom is -0.348 e. The monoisotopic (exact) mass is 482 g/mol. The molecule has 2 aromatic heterocycles. The van der Waals surface area contributed by atoms with Crippen LogP contribution in [-0.2, 0) is 5.41 Å². The van der Waals surface area contributed by atoms with Gasteiger partial charge in [0, 0.05) is 22.2 Å². The number of aromatic nitrogens is 4. The molecule has 1 aliphatic carbocycles. The first kappa shape index (κ1) is 24.9. The number of Topliss-reactive ketones (excluding diaryl/α,β-unsaturated/α-hetero) is 1. The number of ketones is 1. The summed E-state index contributed by atoms with van der Waals surface area (Å²) >= 11 is 0. The summed E-state index contributed by atoms with van der Waals surface area (Å²) in [4.78, 5) is 51.4. The van der Waals surface area contributed by atoms with Gasteiger partial charge >= 0.3 is 0 Å². The highest BCUT2D eigenvalue weighted by molar-refractivity contribution is 6.10. The van der Waals surface area contributed by atoms with Crippen molar-refractivity contribution in [2.75, 3.05) is 0 Å². The third-order valence-electron chi connectivity index (χ3n) is 5.90. The van der Waals surface area contributed by atoms with Gasteiger partial charge in [-0.15, -0.1) is 0 Å². The largest absolute Gasteiger partial charge is 0.348 e. The van der Waals surface area contributed by atoms with Gasteiger partial charge in [-0.3, -0.25) is 14.4 Å². The zero-order chi connectivity index (χ0) is 25.9. The first-order valence-electron chi connectivity index (χ1n) is 11.9. The number of hydrogen-bond donors (Lipinski definition) is 3. The predicted octanol–water partition coefficient (Wildman–Crippen LogP) is 3.00. The summed E-state index contributed by atoms with van der Waals surface area (Å²) in [6, 6.07) is 7.00. The number of nitrogens with zero attached hydrogens (tertiary/aromatic N) is 1. The Hall–Kier alpha value is -4.26. The molecule has 7 heteroatoms. The molecule has 3 aromatic rings. The fourth-order valence-corrected chi connectivity index (χ4v) is 4.06. The molecule has 1 aromatic carbocycles. The second-order valence-corrected chi connectivity index (χ2v) is 10.0. The van der Waals surface area contributed by atoms with Crippen LogP contribution < -0.4 is 21.8 Å². The molecule has 1 aliphatic rings. The van der Waals surface area contributed by atoms with Crippen molar-refractivity contribution in [1.29, 1.82) is 0 Å². The molecule has 36 heavy (non-hydrogen) atoms. The minimum atomic E-state index is -0.448. The average molecular weight is 483 g/mol. The lowest BCUT2D eigenvalue weighted by molar-refractivity contribution is 0.103. The van der Waals surface area contributed by atoms with E-state index in [0.717, 1.165) is 12.1 Å². The van der Waals surface area contributed by atoms with Gasteiger partial charge in [0.15, 0.2) is 5.78 Å². The molecule has 0 aliphatic heterocycles. The van der Waals surface area contributed by atoms with Crippen LogP contribution in [0.25, 0.3) is 12.2 Å². The highest BCUT2D eigenvalue weighted by Crippen LogP contribution is 2.23. The quantitative estimate of drug-likeness (QED) is 0.497. The van der Waals surface area contributed by atoms with Gasteiger partial charge in [-0.25, -0.2) is 4.98 Å². The van der Waals surface area contributed by atoms with Crippen LogP contribution in [0.5, 0.6) is 0 Å². The van der Waals surface area contributed by atoms with Gasteiger partial charge < -0.3 is 15.0 Å². The third-order valence-corrected chi connectivity index (χ3v) is 5.90. The number of carbonyl (C=O) groups excluding carboxylic acids is 1. The summed E-state index contributed by atoms with van der Waals surface area (Å²) in [5.41, 5.74) is 2.12. The van der Waals surface area contributed by atoms with E-state index in [1.807, 2.05) is 45.1 Å². The zero-order valence-electron chi connectivity index (χ0n) is 20.9. The van der Waals surface area contributed by atoms with E-state index in [-0.39, 0.29) is 27.8 Å². The number of allylic oxidation sites excluding steroid dienone is 6. The van der Waals surface area contributed by atoms with E-state index >= 15 is 0 Å². The standard InChI is InChI=1S/C29H30N4O3/c1-18-9-6-5-7-11-20(13-18)25(34)21-12-8-10-19(14-21)15-23-27(35)33-24(28(36)32-23)16-22-26(29(2,3)4)31-17-30-22/h5-8,10-18H,9H2,1-4H3,(H,30,31)(H,32,36)(H,33,35)/b6-5?,11-7-,20-13?,23-15-,24-16-. The van der Waals surface area contributed by atoms with E-state index in [9.17, 15) is 14.4 Å². The van der Waals surface area contributed by atoms with Crippen molar-refractivity contribution < 1.29 is 4.79 Å². The molecule has 0 saturated heterocycles. The van der Waals surface area contributed by atoms with Crippen LogP contribution in [0.1, 0.15) is 61.4 Å². The van der Waals surface area contributed by atoms with Crippen LogP contribution in [0.15, 0.2) is 76.1 Å². The topological polar surface area (TPSA) is 111 Å². The summed E-state index contributed by atoms with van der Waals surface area (Å²) in [7, 11) is 0. The van der Waals surface area contributed by atoms with Crippen molar-refractivity contribution in [2.45, 2.75) is 39.5 Å². The van der Waals surface area contributed by atoms with Gasteiger partial charge in [0.1, 0.15) is 10.7 Å². The Balaban J connectivity index is 1.71. The van der Waals surface area contributed by atoms with E-state index in [1.54, 1.807) is 42.7 Å². The van der Waals surface area contributed by atoms with Crippen molar-refractivity contribution in [2.24, 2.45) is 5.92 Å². The van der Waals surface area contributed by atoms with Crippen molar-refractivity contribution in [3.63, 3.8) is 0 Å². The molecule has 0 radical (unpaired) electrons. The normalized spacial score (nSPS) is 18.0. The molecule has 0 bridgehead atoms. The van der Waals surface area contributed by atoms with Crippen LogP contribution in [0, 0.1) is 5.92 Å². The lowest BCUT2D eigenvalue weighted by Gasteiger charge is -2.16. The number of H-pyrrole nitrogens is 3. The maximum atomic E-state index is 13.1. The molecule has 4 rings (SSSR count). The van der Waals surface area contributed by atoms with Crippen LogP contribution in [0.2, 0.25) is 0 Å². The number of benzene rings is 1. The Bertz CT molecular complexity index is 1620. The molecule has 0 spiro atoms. The van der Waals surface area contributed by atoms with Gasteiger partial charge in [0.25, 0.3) is 11.1 Å². The molecule has 0 saturated carbocycles. The van der Waals surface area contributed by atoms with Crippen molar-refractivity contribution in [1.82, 2.24) is 19.9 Å². The fourth-order valence-electron chi connectivity index (χ4n) is 4.06. The Kier molecular flexibility index (Phi) is 7.01. The maximum absolute atomic E-state index is 13.1. The maximum Gasteiger partial charge on any atom is 0.272 e. The Morgan fingerprint density at radius 2 is 1.78 bits per heavy atom. The summed E-state index contributed by atoms with van der Waals surface area (Å²) in [5.74, 6) is 0.157. The van der Waals surface area contributed by atoms with Gasteiger partial charge in [0.05, 0.1) is 12.0 Å². The second kappa shape index (κ2) is 10.2. The second-order valence-electron chi connectivity index (χ2n) is 10.0. The van der Waals surface area contributed by atoms with E-state index in [4.69, 9.17) is 0 Å². The molecular formula is C29H30N4O3. The van der Waals surface area contributed by atoms with Crippen molar-refractivity contribution >= 4 is 17.9 Å². The Labute approximate surface area is 208 Å². The molecule has 0 fully saturated rings. The van der Waals surface area contributed by atoms with Gasteiger partial charge in [0.2, 0.25) is 0 Å². The molecular weight excluding hydrogens is 452 g/mol.